The lowest BCUT2D eigenvalue weighted by Crippen LogP contribution is -2.44. The van der Waals surface area contributed by atoms with Crippen molar-refractivity contribution in [1.82, 2.24) is 10.00 Å². The highest BCUT2D eigenvalue weighted by molar-refractivity contribution is 7.13. The number of anilines is 1. The predicted molar refractivity (Wildman–Crippen MR) is 123 cm³/mol. The molecule has 0 bridgehead atoms. The molecule has 10 nitrogen and oxygen atoms in total. The fraction of sp³-hybridized carbons (Fsp3) is 0.455. The highest BCUT2D eigenvalue weighted by Crippen LogP contribution is 2.29. The van der Waals surface area contributed by atoms with Gasteiger partial charge < -0.3 is 19.9 Å². The van der Waals surface area contributed by atoms with Crippen molar-refractivity contribution in [2.45, 2.75) is 32.9 Å². The van der Waals surface area contributed by atoms with Crippen LogP contribution in [0.3, 0.4) is 0 Å². The van der Waals surface area contributed by atoms with Crippen LogP contribution in [0, 0.1) is 10.4 Å². The van der Waals surface area contributed by atoms with E-state index in [-0.39, 0.29) is 42.0 Å². The molecule has 1 N–H and O–H groups in total. The van der Waals surface area contributed by atoms with Crippen LogP contribution in [0.15, 0.2) is 29.6 Å². The Balaban J connectivity index is 1.48. The number of aromatic nitrogens is 3. The van der Waals surface area contributed by atoms with Gasteiger partial charge in [-0.1, -0.05) is 0 Å². The number of hydrogen-bond acceptors (Lipinski definition) is 9. The molecule has 1 fully saturated rings. The van der Waals surface area contributed by atoms with Gasteiger partial charge in [-0.15, -0.1) is 11.3 Å². The molecule has 2 aromatic heterocycles. The summed E-state index contributed by atoms with van der Waals surface area (Å²) in [5.41, 5.74) is 2.43. The lowest BCUT2D eigenvalue weighted by molar-refractivity contribution is -0.672. The van der Waals surface area contributed by atoms with Crippen LogP contribution in [0.25, 0.3) is 21.5 Å². The molecule has 176 valence electrons. The van der Waals surface area contributed by atoms with E-state index in [4.69, 9.17) is 9.47 Å². The van der Waals surface area contributed by atoms with Gasteiger partial charge in [0.05, 0.1) is 32.3 Å². The predicted octanol–water partition coefficient (Wildman–Crippen LogP) is 1.82. The van der Waals surface area contributed by atoms with Gasteiger partial charge in [-0.25, -0.2) is 4.73 Å². The number of esters is 1. The smallest absolute Gasteiger partial charge is 0.460 e. The number of thiophene rings is 1. The Morgan fingerprint density at radius 2 is 2.06 bits per heavy atom. The van der Waals surface area contributed by atoms with Crippen LogP contribution in [0.5, 0.6) is 0 Å². The third-order valence-corrected chi connectivity index (χ3v) is 6.23. The van der Waals surface area contributed by atoms with Crippen LogP contribution in [0.1, 0.15) is 25.8 Å². The van der Waals surface area contributed by atoms with Gasteiger partial charge in [0.15, 0.2) is 5.52 Å². The summed E-state index contributed by atoms with van der Waals surface area (Å²) in [6.45, 7) is 7.86. The summed E-state index contributed by atoms with van der Waals surface area (Å²) in [7, 11) is 0. The van der Waals surface area contributed by atoms with Crippen LogP contribution < -0.4 is 14.9 Å². The second-order valence-electron chi connectivity index (χ2n) is 8.12. The van der Waals surface area contributed by atoms with Crippen molar-refractivity contribution in [2.24, 2.45) is 0 Å². The topological polar surface area (TPSA) is 118 Å². The number of fused-ring (bicyclic) bond motifs is 1. The molecule has 11 heteroatoms. The Kier molecular flexibility index (Phi) is 7.21. The molecule has 0 unspecified atom stereocenters. The van der Waals surface area contributed by atoms with Crippen LogP contribution in [0.2, 0.25) is 0 Å². The first kappa shape index (κ1) is 23.1. The van der Waals surface area contributed by atoms with Crippen molar-refractivity contribution in [3.05, 3.63) is 45.6 Å². The summed E-state index contributed by atoms with van der Waals surface area (Å²) in [6.07, 6.45) is -0.154. The standard InChI is InChI=1S/C22H27N5O5S/c1-15(2)32-21(28)5-6-23-22-24-27(30)19-12-17(3-4-18(19)26(22)29)20-11-16(14-33-20)13-25-7-9-31-10-8-25/h3-4,11-12,14-15H,5-10,13H2,1-2H3,(H,23,24). The Labute approximate surface area is 195 Å². The molecule has 0 spiro atoms. The second kappa shape index (κ2) is 10.3. The molecule has 0 amide bonds. The van der Waals surface area contributed by atoms with E-state index in [2.05, 4.69) is 26.8 Å². The van der Waals surface area contributed by atoms with Gasteiger partial charge >= 0.3 is 11.9 Å². The Hall–Kier alpha value is -3.02. The third-order valence-electron chi connectivity index (χ3n) is 5.21. The third kappa shape index (κ3) is 5.67. The van der Waals surface area contributed by atoms with E-state index < -0.39 is 0 Å². The zero-order valence-electron chi connectivity index (χ0n) is 18.7. The minimum absolute atomic E-state index is 0.0564. The highest BCUT2D eigenvalue weighted by Gasteiger charge is 2.21. The van der Waals surface area contributed by atoms with E-state index in [1.54, 1.807) is 37.3 Å². The largest absolute Gasteiger partial charge is 0.739 e. The van der Waals surface area contributed by atoms with Crippen LogP contribution in [0.4, 0.5) is 5.95 Å². The number of benzene rings is 1. The number of carbonyl (C=O) groups excluding carboxylic acids is 1. The van der Waals surface area contributed by atoms with Crippen molar-refractivity contribution in [3.63, 3.8) is 0 Å². The number of hydrogen-bond donors (Lipinski definition) is 1. The maximum atomic E-state index is 12.7. The molecule has 1 saturated heterocycles. The summed E-state index contributed by atoms with van der Waals surface area (Å²) in [4.78, 5) is 15.5. The van der Waals surface area contributed by atoms with Gasteiger partial charge in [-0.2, -0.15) is 0 Å². The summed E-state index contributed by atoms with van der Waals surface area (Å²) >= 11 is 1.60. The number of nitrogens with zero attached hydrogens (tertiary/aromatic N) is 4. The molecule has 33 heavy (non-hydrogen) atoms. The molecule has 1 aromatic carbocycles. The molecule has 3 aromatic rings. The number of rotatable bonds is 8. The summed E-state index contributed by atoms with van der Waals surface area (Å²) in [6, 6.07) is 7.23. The van der Waals surface area contributed by atoms with Crippen molar-refractivity contribution in [1.29, 1.82) is 0 Å². The fourth-order valence-electron chi connectivity index (χ4n) is 3.63. The first-order valence-electron chi connectivity index (χ1n) is 10.9. The highest BCUT2D eigenvalue weighted by atomic mass is 32.1. The van der Waals surface area contributed by atoms with Gasteiger partial charge in [-0.05, 0) is 48.6 Å². The van der Waals surface area contributed by atoms with Crippen molar-refractivity contribution in [2.75, 3.05) is 38.2 Å². The molecular formula is C22H27N5O5S. The van der Waals surface area contributed by atoms with Crippen molar-refractivity contribution < 1.29 is 23.8 Å². The quantitative estimate of drug-likeness (QED) is 0.299. The van der Waals surface area contributed by atoms with Gasteiger partial charge in [0.1, 0.15) is 0 Å². The van der Waals surface area contributed by atoms with E-state index in [1.165, 1.54) is 5.56 Å². The van der Waals surface area contributed by atoms with Crippen molar-refractivity contribution >= 4 is 34.3 Å². The van der Waals surface area contributed by atoms with Crippen LogP contribution in [-0.4, -0.2) is 54.9 Å². The monoisotopic (exact) mass is 473 g/mol. The molecule has 3 heterocycles. The minimum atomic E-state index is -0.390. The molecule has 1 aliphatic heterocycles. The number of ether oxygens (including phenoxy) is 2. The SMILES string of the molecule is CC(C)OC(=O)CCNc1n[n+]([O-])c2cc(-c3cc(CN4CCOCC4)cs3)ccc2[n+]1[O-]. The normalized spacial score (nSPS) is 14.6. The minimum Gasteiger partial charge on any atom is -0.739 e. The Morgan fingerprint density at radius 3 is 2.82 bits per heavy atom. The molecule has 1 aliphatic rings. The van der Waals surface area contributed by atoms with E-state index in [1.807, 2.05) is 6.07 Å². The fourth-order valence-corrected chi connectivity index (χ4v) is 4.53. The zero-order chi connectivity index (χ0) is 23.4. The van der Waals surface area contributed by atoms with Gasteiger partial charge in [0, 0.05) is 35.4 Å². The number of carbonyl (C=O) groups is 1. The summed E-state index contributed by atoms with van der Waals surface area (Å²) in [5.74, 6) is -0.550. The van der Waals surface area contributed by atoms with Gasteiger partial charge in [0.2, 0.25) is 5.10 Å². The first-order chi connectivity index (χ1) is 15.9. The zero-order valence-corrected chi connectivity index (χ0v) is 19.5. The molecular weight excluding hydrogens is 446 g/mol. The number of nitrogens with one attached hydrogen (secondary N) is 1. The molecule has 4 rings (SSSR count). The van der Waals surface area contributed by atoms with E-state index in [0.717, 1.165) is 43.3 Å². The molecule has 0 aliphatic carbocycles. The lowest BCUT2D eigenvalue weighted by Gasteiger charge is -2.26. The lowest BCUT2D eigenvalue weighted by atomic mass is 10.1. The van der Waals surface area contributed by atoms with Crippen molar-refractivity contribution in [3.8, 4) is 10.4 Å². The van der Waals surface area contributed by atoms with E-state index in [9.17, 15) is 15.2 Å². The molecule has 0 radical (unpaired) electrons. The Bertz CT molecular complexity index is 1130. The molecule has 0 saturated carbocycles. The first-order valence-corrected chi connectivity index (χ1v) is 11.8. The second-order valence-corrected chi connectivity index (χ2v) is 9.03. The summed E-state index contributed by atoms with van der Waals surface area (Å²) < 4.78 is 11.0. The average molecular weight is 474 g/mol. The van der Waals surface area contributed by atoms with Gasteiger partial charge in [-0.3, -0.25) is 15.0 Å². The maximum Gasteiger partial charge on any atom is 0.460 e. The summed E-state index contributed by atoms with van der Waals surface area (Å²) in [5, 5.41) is 33.9. The van der Waals surface area contributed by atoms with Gasteiger partial charge in [0.25, 0.3) is 5.52 Å². The molecule has 0 atom stereocenters. The van der Waals surface area contributed by atoms with Crippen LogP contribution >= 0.6 is 11.3 Å². The average Bonchev–Trinajstić information content (AvgIpc) is 3.25. The van der Waals surface area contributed by atoms with E-state index in [0.29, 0.717) is 9.58 Å². The van der Waals surface area contributed by atoms with E-state index >= 15 is 0 Å². The maximum absolute atomic E-state index is 12.7. The van der Waals surface area contributed by atoms with Crippen LogP contribution in [-0.2, 0) is 20.8 Å². The Morgan fingerprint density at radius 1 is 1.27 bits per heavy atom. The number of morpholine rings is 1.